The molecule has 1 fully saturated rings. The molecule has 0 radical (unpaired) electrons. The van der Waals surface area contributed by atoms with Crippen LogP contribution in [0.5, 0.6) is 0 Å². The Labute approximate surface area is 69.2 Å². The van der Waals surface area contributed by atoms with Gasteiger partial charge in [0, 0.05) is 18.1 Å². The first-order valence-corrected chi connectivity index (χ1v) is 4.36. The molecule has 2 atom stereocenters. The second kappa shape index (κ2) is 2.76. The number of likely N-dealkylation sites (tertiary alicyclic amines) is 1. The predicted octanol–water partition coefficient (Wildman–Crippen LogP) is 1.24. The molecule has 0 aromatic rings. The van der Waals surface area contributed by atoms with Gasteiger partial charge in [-0.2, -0.15) is 0 Å². The van der Waals surface area contributed by atoms with Crippen LogP contribution >= 0.6 is 0 Å². The minimum Gasteiger partial charge on any atom is -0.392 e. The largest absolute Gasteiger partial charge is 0.392 e. The molecule has 1 aliphatic heterocycles. The molecule has 1 saturated heterocycles. The molecule has 0 aliphatic carbocycles. The van der Waals surface area contributed by atoms with E-state index in [2.05, 4.69) is 32.6 Å². The molecule has 1 aliphatic rings. The minimum absolute atomic E-state index is 0.107. The van der Waals surface area contributed by atoms with Crippen LogP contribution in [0.25, 0.3) is 0 Å². The maximum atomic E-state index is 9.39. The van der Waals surface area contributed by atoms with Crippen molar-refractivity contribution in [3.05, 3.63) is 0 Å². The highest BCUT2D eigenvalue weighted by Gasteiger charge is 2.34. The van der Waals surface area contributed by atoms with E-state index in [0.29, 0.717) is 6.04 Å². The molecule has 11 heavy (non-hydrogen) atoms. The SMILES string of the molecule is C[C@@H]1CC(O)CN1C(C)(C)C. The van der Waals surface area contributed by atoms with E-state index < -0.39 is 0 Å². The molecule has 1 N–H and O–H groups in total. The van der Waals surface area contributed by atoms with Gasteiger partial charge in [-0.3, -0.25) is 4.90 Å². The summed E-state index contributed by atoms with van der Waals surface area (Å²) >= 11 is 0. The smallest absolute Gasteiger partial charge is 0.0682 e. The van der Waals surface area contributed by atoms with Crippen LogP contribution in [-0.4, -0.2) is 34.2 Å². The van der Waals surface area contributed by atoms with Gasteiger partial charge in [0.1, 0.15) is 0 Å². The van der Waals surface area contributed by atoms with Gasteiger partial charge in [0.2, 0.25) is 0 Å². The van der Waals surface area contributed by atoms with Crippen LogP contribution < -0.4 is 0 Å². The Kier molecular flexibility index (Phi) is 2.26. The van der Waals surface area contributed by atoms with Gasteiger partial charge in [0.05, 0.1) is 6.10 Å². The van der Waals surface area contributed by atoms with Crippen LogP contribution in [0.3, 0.4) is 0 Å². The first-order valence-electron chi connectivity index (χ1n) is 4.36. The van der Waals surface area contributed by atoms with Crippen molar-refractivity contribution in [3.63, 3.8) is 0 Å². The molecule has 0 spiro atoms. The summed E-state index contributed by atoms with van der Waals surface area (Å²) in [5, 5.41) is 9.39. The van der Waals surface area contributed by atoms with Crippen molar-refractivity contribution >= 4 is 0 Å². The standard InChI is InChI=1S/C9H19NO/c1-7-5-8(11)6-10(7)9(2,3)4/h7-8,11H,5-6H2,1-4H3/t7-,8?/m1/s1. The van der Waals surface area contributed by atoms with E-state index in [-0.39, 0.29) is 11.6 Å². The molecular formula is C9H19NO. The molecule has 0 aromatic heterocycles. The molecule has 0 saturated carbocycles. The number of hydrogen-bond acceptors (Lipinski definition) is 2. The van der Waals surface area contributed by atoms with Crippen molar-refractivity contribution in [1.82, 2.24) is 4.90 Å². The Morgan fingerprint density at radius 2 is 1.91 bits per heavy atom. The number of aliphatic hydroxyl groups excluding tert-OH is 1. The molecule has 1 unspecified atom stereocenters. The maximum absolute atomic E-state index is 9.39. The third-order valence-electron chi connectivity index (χ3n) is 2.41. The van der Waals surface area contributed by atoms with Crippen LogP contribution in [0.15, 0.2) is 0 Å². The third kappa shape index (κ3) is 1.94. The van der Waals surface area contributed by atoms with E-state index in [4.69, 9.17) is 0 Å². The summed E-state index contributed by atoms with van der Waals surface area (Å²) in [6.45, 7) is 9.61. The molecule has 0 amide bonds. The van der Waals surface area contributed by atoms with Crippen molar-refractivity contribution in [2.75, 3.05) is 6.54 Å². The van der Waals surface area contributed by atoms with E-state index in [0.717, 1.165) is 13.0 Å². The molecule has 0 aromatic carbocycles. The Bertz CT molecular complexity index is 139. The van der Waals surface area contributed by atoms with E-state index in [1.165, 1.54) is 0 Å². The highest BCUT2D eigenvalue weighted by Crippen LogP contribution is 2.25. The Balaban J connectivity index is 2.60. The van der Waals surface area contributed by atoms with E-state index >= 15 is 0 Å². The summed E-state index contributed by atoms with van der Waals surface area (Å²) in [4.78, 5) is 2.36. The quantitative estimate of drug-likeness (QED) is 0.572. The monoisotopic (exact) mass is 157 g/mol. The molecule has 1 rings (SSSR count). The lowest BCUT2D eigenvalue weighted by atomic mass is 10.1. The lowest BCUT2D eigenvalue weighted by Gasteiger charge is -2.35. The zero-order chi connectivity index (χ0) is 8.65. The molecule has 2 nitrogen and oxygen atoms in total. The van der Waals surface area contributed by atoms with Crippen LogP contribution in [0.2, 0.25) is 0 Å². The van der Waals surface area contributed by atoms with Crippen LogP contribution in [0.4, 0.5) is 0 Å². The summed E-state index contributed by atoms with van der Waals surface area (Å²) < 4.78 is 0. The zero-order valence-corrected chi connectivity index (χ0v) is 7.96. The molecule has 0 bridgehead atoms. The molecule has 66 valence electrons. The van der Waals surface area contributed by atoms with E-state index in [1.807, 2.05) is 0 Å². The number of aliphatic hydroxyl groups is 1. The van der Waals surface area contributed by atoms with E-state index in [1.54, 1.807) is 0 Å². The van der Waals surface area contributed by atoms with Crippen molar-refractivity contribution in [1.29, 1.82) is 0 Å². The van der Waals surface area contributed by atoms with Crippen molar-refractivity contribution in [2.45, 2.75) is 51.8 Å². The first kappa shape index (κ1) is 9.01. The summed E-state index contributed by atoms with van der Waals surface area (Å²) in [6.07, 6.45) is 0.821. The molecule has 1 heterocycles. The summed E-state index contributed by atoms with van der Waals surface area (Å²) in [6, 6.07) is 0.532. The van der Waals surface area contributed by atoms with Crippen molar-refractivity contribution in [3.8, 4) is 0 Å². The highest BCUT2D eigenvalue weighted by atomic mass is 16.3. The Hall–Kier alpha value is -0.0800. The lowest BCUT2D eigenvalue weighted by molar-refractivity contribution is 0.109. The van der Waals surface area contributed by atoms with Crippen LogP contribution in [0, 0.1) is 0 Å². The fraction of sp³-hybridized carbons (Fsp3) is 1.00. The lowest BCUT2D eigenvalue weighted by Crippen LogP contribution is -2.43. The van der Waals surface area contributed by atoms with E-state index in [9.17, 15) is 5.11 Å². The van der Waals surface area contributed by atoms with Gasteiger partial charge < -0.3 is 5.11 Å². The normalized spacial score (nSPS) is 34.6. The van der Waals surface area contributed by atoms with Crippen LogP contribution in [-0.2, 0) is 0 Å². The zero-order valence-electron chi connectivity index (χ0n) is 7.96. The van der Waals surface area contributed by atoms with Gasteiger partial charge >= 0.3 is 0 Å². The number of rotatable bonds is 0. The number of nitrogens with zero attached hydrogens (tertiary/aromatic N) is 1. The highest BCUT2D eigenvalue weighted by molar-refractivity contribution is 4.89. The predicted molar refractivity (Wildman–Crippen MR) is 46.5 cm³/mol. The molecule has 2 heteroatoms. The van der Waals surface area contributed by atoms with Crippen molar-refractivity contribution < 1.29 is 5.11 Å². The van der Waals surface area contributed by atoms with Gasteiger partial charge in [0.25, 0.3) is 0 Å². The second-order valence-corrected chi connectivity index (χ2v) is 4.56. The number of hydrogen-bond donors (Lipinski definition) is 1. The Morgan fingerprint density at radius 1 is 1.36 bits per heavy atom. The van der Waals surface area contributed by atoms with Gasteiger partial charge in [0.15, 0.2) is 0 Å². The molecular weight excluding hydrogens is 138 g/mol. The summed E-state index contributed by atoms with van der Waals surface area (Å²) in [5.41, 5.74) is 0.205. The summed E-state index contributed by atoms with van der Waals surface area (Å²) in [5.74, 6) is 0. The fourth-order valence-corrected chi connectivity index (χ4v) is 1.94. The van der Waals surface area contributed by atoms with Crippen molar-refractivity contribution in [2.24, 2.45) is 0 Å². The first-order chi connectivity index (χ1) is 4.91. The minimum atomic E-state index is -0.107. The topological polar surface area (TPSA) is 23.5 Å². The average molecular weight is 157 g/mol. The average Bonchev–Trinajstić information content (AvgIpc) is 2.08. The second-order valence-electron chi connectivity index (χ2n) is 4.56. The Morgan fingerprint density at radius 3 is 2.09 bits per heavy atom. The third-order valence-corrected chi connectivity index (χ3v) is 2.41. The van der Waals surface area contributed by atoms with Crippen LogP contribution in [0.1, 0.15) is 34.1 Å². The summed E-state index contributed by atoms with van der Waals surface area (Å²) in [7, 11) is 0. The van der Waals surface area contributed by atoms with Gasteiger partial charge in [-0.1, -0.05) is 0 Å². The maximum Gasteiger partial charge on any atom is 0.0682 e. The van der Waals surface area contributed by atoms with Gasteiger partial charge in [-0.25, -0.2) is 0 Å². The fourth-order valence-electron chi connectivity index (χ4n) is 1.94. The number of β-amino-alcohol motifs (C(OH)–C–C–N with tert-alkyl or cyclic N) is 1. The van der Waals surface area contributed by atoms with Gasteiger partial charge in [-0.05, 0) is 34.1 Å². The van der Waals surface area contributed by atoms with Gasteiger partial charge in [-0.15, -0.1) is 0 Å².